The minimum absolute atomic E-state index is 0.569. The Hall–Kier alpha value is -2.43. The van der Waals surface area contributed by atoms with E-state index in [0.29, 0.717) is 11.9 Å². The van der Waals surface area contributed by atoms with Crippen LogP contribution in [0.1, 0.15) is 16.7 Å². The lowest BCUT2D eigenvalue weighted by atomic mass is 9.80. The average Bonchev–Trinajstić information content (AvgIpc) is 3.60. The molecule has 0 saturated carbocycles. The highest BCUT2D eigenvalue weighted by molar-refractivity contribution is 8.06. The lowest BCUT2D eigenvalue weighted by molar-refractivity contribution is 0.0179. The van der Waals surface area contributed by atoms with E-state index in [1.165, 1.54) is 0 Å². The fraction of sp³-hybridized carbons (Fsp3) is 0.250. The largest absolute Gasteiger partial charge is 0.497 e. The molecule has 1 atom stereocenters. The maximum Gasteiger partial charge on any atom is 0.143 e. The van der Waals surface area contributed by atoms with Crippen LogP contribution in [0.4, 0.5) is 0 Å². The summed E-state index contributed by atoms with van der Waals surface area (Å²) in [7, 11) is 3.37. The van der Waals surface area contributed by atoms with E-state index in [4.69, 9.17) is 14.2 Å². The first kappa shape index (κ1) is 18.9. The van der Waals surface area contributed by atoms with Crippen LogP contribution in [-0.4, -0.2) is 31.8 Å². The molecule has 0 bridgehead atoms. The van der Waals surface area contributed by atoms with Gasteiger partial charge in [-0.25, -0.2) is 0 Å². The summed E-state index contributed by atoms with van der Waals surface area (Å²) in [5.74, 6) is 2.83. The smallest absolute Gasteiger partial charge is 0.143 e. The van der Waals surface area contributed by atoms with Crippen molar-refractivity contribution in [3.63, 3.8) is 0 Å². The monoisotopic (exact) mass is 392 g/mol. The molecule has 4 rings (SSSR count). The van der Waals surface area contributed by atoms with Crippen LogP contribution in [0.5, 0.6) is 11.5 Å². The van der Waals surface area contributed by atoms with Gasteiger partial charge in [-0.2, -0.15) is 11.8 Å². The van der Waals surface area contributed by atoms with Crippen molar-refractivity contribution in [2.45, 2.75) is 10.9 Å². The Morgan fingerprint density at radius 3 is 1.64 bits per heavy atom. The van der Waals surface area contributed by atoms with Gasteiger partial charge in [-0.05, 0) is 41.0 Å². The Balaban J connectivity index is 1.88. The highest BCUT2D eigenvalue weighted by Crippen LogP contribution is 2.43. The van der Waals surface area contributed by atoms with Crippen LogP contribution in [0, 0.1) is 0 Å². The molecular formula is C24H24O3S. The molecule has 1 aliphatic rings. The van der Waals surface area contributed by atoms with Crippen LogP contribution in [0.2, 0.25) is 0 Å². The molecule has 0 N–H and O–H groups in total. The molecule has 0 aromatic heterocycles. The summed E-state index contributed by atoms with van der Waals surface area (Å²) in [6, 6.07) is 26.8. The van der Waals surface area contributed by atoms with Crippen LogP contribution in [0.3, 0.4) is 0 Å². The minimum Gasteiger partial charge on any atom is -0.497 e. The van der Waals surface area contributed by atoms with Crippen molar-refractivity contribution in [1.82, 2.24) is 0 Å². The molecule has 1 saturated heterocycles. The average molecular weight is 393 g/mol. The predicted molar refractivity (Wildman–Crippen MR) is 115 cm³/mol. The van der Waals surface area contributed by atoms with Crippen LogP contribution in [-0.2, 0) is 10.3 Å². The van der Waals surface area contributed by atoms with E-state index in [9.17, 15) is 0 Å². The first-order chi connectivity index (χ1) is 13.8. The third-order valence-electron chi connectivity index (χ3n) is 5.06. The van der Waals surface area contributed by atoms with E-state index < -0.39 is 5.60 Å². The third kappa shape index (κ3) is 3.75. The number of methoxy groups -OCH3 is 2. The maximum absolute atomic E-state index is 6.76. The van der Waals surface area contributed by atoms with Crippen LogP contribution in [0.25, 0.3) is 0 Å². The molecule has 144 valence electrons. The van der Waals surface area contributed by atoms with Crippen molar-refractivity contribution < 1.29 is 14.2 Å². The third-order valence-corrected chi connectivity index (χ3v) is 6.00. The normalized spacial score (nSPS) is 15.9. The van der Waals surface area contributed by atoms with Crippen LogP contribution >= 0.6 is 11.8 Å². The summed E-state index contributed by atoms with van der Waals surface area (Å²) in [5, 5.41) is 0.569. The number of hydrogen-bond acceptors (Lipinski definition) is 4. The Labute approximate surface area is 170 Å². The molecule has 0 radical (unpaired) electrons. The van der Waals surface area contributed by atoms with Gasteiger partial charge < -0.3 is 14.2 Å². The second kappa shape index (κ2) is 8.29. The molecule has 1 aliphatic heterocycles. The summed E-state index contributed by atoms with van der Waals surface area (Å²) >= 11 is 1.94. The van der Waals surface area contributed by atoms with Gasteiger partial charge in [0.2, 0.25) is 0 Å². The fourth-order valence-electron chi connectivity index (χ4n) is 3.46. The van der Waals surface area contributed by atoms with E-state index in [0.717, 1.165) is 33.9 Å². The highest BCUT2D eigenvalue weighted by atomic mass is 32.2. The van der Waals surface area contributed by atoms with Crippen LogP contribution in [0.15, 0.2) is 78.9 Å². The highest BCUT2D eigenvalue weighted by Gasteiger charge is 2.39. The molecule has 1 unspecified atom stereocenters. The molecule has 1 fully saturated rings. The van der Waals surface area contributed by atoms with Gasteiger partial charge in [0.25, 0.3) is 0 Å². The minimum atomic E-state index is -0.692. The zero-order valence-corrected chi connectivity index (χ0v) is 16.9. The van der Waals surface area contributed by atoms with Gasteiger partial charge in [0, 0.05) is 11.0 Å². The van der Waals surface area contributed by atoms with Gasteiger partial charge in [0.05, 0.1) is 20.8 Å². The molecule has 3 nitrogen and oxygen atoms in total. The second-order valence-electron chi connectivity index (χ2n) is 6.77. The van der Waals surface area contributed by atoms with E-state index >= 15 is 0 Å². The zero-order chi connectivity index (χ0) is 19.4. The van der Waals surface area contributed by atoms with Crippen molar-refractivity contribution >= 4 is 11.8 Å². The van der Waals surface area contributed by atoms with Crippen molar-refractivity contribution in [1.29, 1.82) is 0 Å². The summed E-state index contributed by atoms with van der Waals surface area (Å²) in [5.41, 5.74) is 2.57. The SMILES string of the molecule is COc1ccc(C(OCC2CS2)(c2ccccc2)c2ccc(OC)cc2)cc1. The van der Waals surface area contributed by atoms with E-state index in [2.05, 4.69) is 48.5 Å². The Kier molecular flexibility index (Phi) is 5.60. The van der Waals surface area contributed by atoms with Gasteiger partial charge in [-0.3, -0.25) is 0 Å². The second-order valence-corrected chi connectivity index (χ2v) is 8.10. The number of hydrogen-bond donors (Lipinski definition) is 0. The molecule has 0 amide bonds. The van der Waals surface area contributed by atoms with E-state index in [1.54, 1.807) is 14.2 Å². The Bertz CT molecular complexity index is 840. The first-order valence-corrected chi connectivity index (χ1v) is 10.4. The van der Waals surface area contributed by atoms with Crippen LogP contribution < -0.4 is 9.47 Å². The molecule has 1 heterocycles. The topological polar surface area (TPSA) is 27.7 Å². The summed E-state index contributed by atoms with van der Waals surface area (Å²) < 4.78 is 17.5. The van der Waals surface area contributed by atoms with E-state index in [-0.39, 0.29) is 0 Å². The summed E-state index contributed by atoms with van der Waals surface area (Å²) in [6.45, 7) is 0.706. The molecular weight excluding hydrogens is 368 g/mol. The lowest BCUT2D eigenvalue weighted by Crippen LogP contribution is -2.34. The van der Waals surface area contributed by atoms with Gasteiger partial charge in [0.15, 0.2) is 0 Å². The molecule has 4 heteroatoms. The molecule has 0 spiro atoms. The fourth-order valence-corrected chi connectivity index (χ4v) is 3.85. The lowest BCUT2D eigenvalue weighted by Gasteiger charge is -2.36. The number of rotatable bonds is 8. The Morgan fingerprint density at radius 2 is 1.21 bits per heavy atom. The number of ether oxygens (including phenoxy) is 3. The quantitative estimate of drug-likeness (QED) is 0.392. The molecule has 28 heavy (non-hydrogen) atoms. The molecule has 0 aliphatic carbocycles. The number of benzene rings is 3. The zero-order valence-electron chi connectivity index (χ0n) is 16.1. The number of thioether (sulfide) groups is 1. The van der Waals surface area contributed by atoms with Gasteiger partial charge in [0.1, 0.15) is 17.1 Å². The summed E-state index contributed by atoms with van der Waals surface area (Å²) in [4.78, 5) is 0. The van der Waals surface area contributed by atoms with Crippen molar-refractivity contribution in [3.05, 3.63) is 95.6 Å². The summed E-state index contributed by atoms with van der Waals surface area (Å²) in [6.07, 6.45) is 0. The van der Waals surface area contributed by atoms with Crippen molar-refractivity contribution in [3.8, 4) is 11.5 Å². The van der Waals surface area contributed by atoms with E-state index in [1.807, 2.05) is 42.1 Å². The molecule has 3 aromatic rings. The predicted octanol–water partition coefficient (Wildman–Crippen LogP) is 5.13. The first-order valence-electron chi connectivity index (χ1n) is 9.36. The molecule has 3 aromatic carbocycles. The standard InChI is InChI=1S/C24H24O3S/c1-25-21-12-8-19(9-13-21)24(27-16-23-17-28-23,18-6-4-3-5-7-18)20-10-14-22(26-2)15-11-20/h3-15,23H,16-17H2,1-2H3. The maximum atomic E-state index is 6.76. The Morgan fingerprint density at radius 1 is 0.750 bits per heavy atom. The van der Waals surface area contributed by atoms with Gasteiger partial charge in [-0.15, -0.1) is 0 Å². The van der Waals surface area contributed by atoms with Gasteiger partial charge in [-0.1, -0.05) is 54.6 Å². The van der Waals surface area contributed by atoms with Crippen molar-refractivity contribution in [2.75, 3.05) is 26.6 Å². The van der Waals surface area contributed by atoms with Gasteiger partial charge >= 0.3 is 0 Å². The van der Waals surface area contributed by atoms with Crippen molar-refractivity contribution in [2.24, 2.45) is 0 Å².